The highest BCUT2D eigenvalue weighted by atomic mass is 35.5. The molecule has 10 heteroatoms. The fourth-order valence-corrected chi connectivity index (χ4v) is 4.44. The molecule has 1 aliphatic carbocycles. The van der Waals surface area contributed by atoms with Gasteiger partial charge in [-0.1, -0.05) is 11.6 Å². The topological polar surface area (TPSA) is 69.3 Å². The maximum Gasteiger partial charge on any atom is 0.433 e. The van der Waals surface area contributed by atoms with Crippen LogP contribution in [0.5, 0.6) is 0 Å². The Kier molecular flexibility index (Phi) is 6.43. The van der Waals surface area contributed by atoms with E-state index in [1.165, 1.54) is 12.1 Å². The van der Waals surface area contributed by atoms with Crippen LogP contribution in [-0.4, -0.2) is 54.2 Å². The van der Waals surface area contributed by atoms with Gasteiger partial charge in [-0.05, 0) is 49.9 Å². The number of nitrogens with one attached hydrogen (secondary N) is 3. The summed E-state index contributed by atoms with van der Waals surface area (Å²) >= 11 is 6.08. The van der Waals surface area contributed by atoms with Crippen molar-refractivity contribution in [3.05, 3.63) is 35.0 Å². The zero-order chi connectivity index (χ0) is 22.0. The second-order valence-electron chi connectivity index (χ2n) is 8.11. The third-order valence-corrected chi connectivity index (χ3v) is 6.06. The van der Waals surface area contributed by atoms with E-state index in [9.17, 15) is 18.0 Å². The lowest BCUT2D eigenvalue weighted by Gasteiger charge is -2.34. The van der Waals surface area contributed by atoms with Crippen molar-refractivity contribution in [3.8, 4) is 0 Å². The van der Waals surface area contributed by atoms with Crippen molar-refractivity contribution in [2.24, 2.45) is 0 Å². The average Bonchev–Trinajstić information content (AvgIpc) is 2.74. The number of piperazine rings is 1. The van der Waals surface area contributed by atoms with Crippen LogP contribution >= 0.6 is 11.6 Å². The lowest BCUT2D eigenvalue weighted by molar-refractivity contribution is -0.140. The van der Waals surface area contributed by atoms with Crippen LogP contribution in [0.15, 0.2) is 24.3 Å². The Labute approximate surface area is 183 Å². The molecular formula is C21H25ClF3N5O. The summed E-state index contributed by atoms with van der Waals surface area (Å²) in [6.45, 7) is 2.90. The molecule has 1 saturated carbocycles. The van der Waals surface area contributed by atoms with Gasteiger partial charge >= 0.3 is 12.2 Å². The highest BCUT2D eigenvalue weighted by Gasteiger charge is 2.34. The summed E-state index contributed by atoms with van der Waals surface area (Å²) in [7, 11) is 0. The lowest BCUT2D eigenvalue weighted by Crippen LogP contribution is -2.53. The lowest BCUT2D eigenvalue weighted by atomic mass is 9.90. The van der Waals surface area contributed by atoms with Gasteiger partial charge in [-0.2, -0.15) is 13.2 Å². The number of alkyl halides is 3. The molecule has 2 amide bonds. The number of urea groups is 1. The molecule has 0 unspecified atom stereocenters. The summed E-state index contributed by atoms with van der Waals surface area (Å²) in [6, 6.07) is 5.53. The maximum atomic E-state index is 13.4. The van der Waals surface area contributed by atoms with E-state index >= 15 is 0 Å². The summed E-state index contributed by atoms with van der Waals surface area (Å²) < 4.78 is 40.1. The van der Waals surface area contributed by atoms with Crippen molar-refractivity contribution in [1.82, 2.24) is 20.5 Å². The van der Waals surface area contributed by atoms with Crippen molar-refractivity contribution in [1.29, 1.82) is 0 Å². The zero-order valence-electron chi connectivity index (χ0n) is 16.9. The number of rotatable bonds is 3. The van der Waals surface area contributed by atoms with Gasteiger partial charge in [-0.15, -0.1) is 0 Å². The fourth-order valence-electron chi connectivity index (χ4n) is 4.27. The molecule has 1 aromatic carbocycles. The van der Waals surface area contributed by atoms with Gasteiger partial charge in [0.05, 0.1) is 5.52 Å². The summed E-state index contributed by atoms with van der Waals surface area (Å²) in [6.07, 6.45) is -1.36. The zero-order valence-corrected chi connectivity index (χ0v) is 17.7. The second kappa shape index (κ2) is 9.08. The Morgan fingerprint density at radius 1 is 1.16 bits per heavy atom. The van der Waals surface area contributed by atoms with E-state index in [0.717, 1.165) is 38.4 Å². The fraction of sp³-hybridized carbons (Fsp3) is 0.524. The first kappa shape index (κ1) is 22.0. The van der Waals surface area contributed by atoms with Gasteiger partial charge < -0.3 is 20.9 Å². The molecule has 2 aromatic rings. The number of halogens is 4. The van der Waals surface area contributed by atoms with Crippen molar-refractivity contribution in [2.45, 2.75) is 43.9 Å². The summed E-state index contributed by atoms with van der Waals surface area (Å²) in [5.74, 6) is 0. The SMILES string of the molecule is O=C(N[C@@H]1CCC[C@H](Nc2cc(C(F)(F)F)nc3ccc(Cl)cc23)C1)N1CCNCC1. The van der Waals surface area contributed by atoms with Crippen LogP contribution in [0.2, 0.25) is 5.02 Å². The van der Waals surface area contributed by atoms with E-state index in [-0.39, 0.29) is 23.6 Å². The number of hydrogen-bond donors (Lipinski definition) is 3. The molecule has 3 N–H and O–H groups in total. The number of carbonyl (C=O) groups is 1. The minimum Gasteiger partial charge on any atom is -0.382 e. The number of amides is 2. The molecule has 0 bridgehead atoms. The van der Waals surface area contributed by atoms with E-state index < -0.39 is 11.9 Å². The minimum absolute atomic E-state index is 0.0209. The van der Waals surface area contributed by atoms with Gasteiger partial charge in [0.15, 0.2) is 0 Å². The van der Waals surface area contributed by atoms with Crippen LogP contribution in [0.4, 0.5) is 23.7 Å². The molecule has 2 atom stereocenters. The van der Waals surface area contributed by atoms with Crippen molar-refractivity contribution in [3.63, 3.8) is 0 Å². The van der Waals surface area contributed by atoms with Crippen LogP contribution < -0.4 is 16.0 Å². The van der Waals surface area contributed by atoms with E-state index in [1.54, 1.807) is 11.0 Å². The Bertz CT molecular complexity index is 948. The van der Waals surface area contributed by atoms with E-state index in [2.05, 4.69) is 20.9 Å². The molecule has 1 aromatic heterocycles. The Hall–Kier alpha value is -2.26. The summed E-state index contributed by atoms with van der Waals surface area (Å²) in [4.78, 5) is 18.1. The molecule has 2 aliphatic rings. The molecule has 2 fully saturated rings. The van der Waals surface area contributed by atoms with Gasteiger partial charge in [0.25, 0.3) is 0 Å². The highest BCUT2D eigenvalue weighted by molar-refractivity contribution is 6.31. The van der Waals surface area contributed by atoms with E-state index in [0.29, 0.717) is 35.6 Å². The monoisotopic (exact) mass is 455 g/mol. The van der Waals surface area contributed by atoms with Crippen LogP contribution in [-0.2, 0) is 6.18 Å². The third kappa shape index (κ3) is 5.33. The number of anilines is 1. The van der Waals surface area contributed by atoms with Gasteiger partial charge in [0.1, 0.15) is 5.69 Å². The van der Waals surface area contributed by atoms with Crippen molar-refractivity contribution >= 4 is 34.2 Å². The molecule has 4 rings (SSSR count). The van der Waals surface area contributed by atoms with Crippen LogP contribution in [0.3, 0.4) is 0 Å². The van der Waals surface area contributed by atoms with Crippen LogP contribution in [0.25, 0.3) is 10.9 Å². The first-order valence-electron chi connectivity index (χ1n) is 10.5. The van der Waals surface area contributed by atoms with Crippen LogP contribution in [0.1, 0.15) is 31.4 Å². The second-order valence-corrected chi connectivity index (χ2v) is 8.54. The smallest absolute Gasteiger partial charge is 0.382 e. The third-order valence-electron chi connectivity index (χ3n) is 5.83. The maximum absolute atomic E-state index is 13.4. The number of hydrogen-bond acceptors (Lipinski definition) is 4. The summed E-state index contributed by atoms with van der Waals surface area (Å²) in [5, 5.41) is 10.6. The normalized spacial score (nSPS) is 22.4. The van der Waals surface area contributed by atoms with Crippen molar-refractivity contribution in [2.75, 3.05) is 31.5 Å². The molecule has 1 saturated heterocycles. The first-order valence-corrected chi connectivity index (χ1v) is 10.9. The Morgan fingerprint density at radius 2 is 1.90 bits per heavy atom. The largest absolute Gasteiger partial charge is 0.433 e. The van der Waals surface area contributed by atoms with Crippen LogP contribution in [0, 0.1) is 0 Å². The summed E-state index contributed by atoms with van der Waals surface area (Å²) in [5.41, 5.74) is -0.343. The predicted molar refractivity (Wildman–Crippen MR) is 114 cm³/mol. The van der Waals surface area contributed by atoms with Crippen molar-refractivity contribution < 1.29 is 18.0 Å². The number of benzene rings is 1. The molecule has 31 heavy (non-hydrogen) atoms. The molecule has 0 radical (unpaired) electrons. The molecule has 2 heterocycles. The van der Waals surface area contributed by atoms with E-state index in [4.69, 9.17) is 11.6 Å². The van der Waals surface area contributed by atoms with Gasteiger partial charge in [0.2, 0.25) is 0 Å². The first-order chi connectivity index (χ1) is 14.8. The van der Waals surface area contributed by atoms with Gasteiger partial charge in [-0.25, -0.2) is 9.78 Å². The van der Waals surface area contributed by atoms with Gasteiger partial charge in [-0.3, -0.25) is 0 Å². The minimum atomic E-state index is -4.55. The number of fused-ring (bicyclic) bond motifs is 1. The van der Waals surface area contributed by atoms with E-state index in [1.807, 2.05) is 0 Å². The predicted octanol–water partition coefficient (Wildman–Crippen LogP) is 4.24. The molecule has 0 spiro atoms. The molecular weight excluding hydrogens is 431 g/mol. The number of pyridine rings is 1. The number of carbonyl (C=O) groups excluding carboxylic acids is 1. The molecule has 1 aliphatic heterocycles. The Balaban J connectivity index is 1.50. The number of aromatic nitrogens is 1. The Morgan fingerprint density at radius 3 is 2.65 bits per heavy atom. The molecule has 6 nitrogen and oxygen atoms in total. The highest BCUT2D eigenvalue weighted by Crippen LogP contribution is 2.35. The van der Waals surface area contributed by atoms with Gasteiger partial charge in [0, 0.05) is 54.4 Å². The average molecular weight is 456 g/mol. The standard InChI is InChI=1S/C21H25ClF3N5O/c22-13-4-5-17-16(10-13)18(12-19(29-17)21(23,24)25)27-14-2-1-3-15(11-14)28-20(31)30-8-6-26-7-9-30/h4-5,10,12,14-15,26H,1-3,6-9,11H2,(H,27,29)(H,28,31)/t14-,15+/m0/s1. The number of nitrogens with zero attached hydrogens (tertiary/aromatic N) is 2. The quantitative estimate of drug-likeness (QED) is 0.647. The molecule has 168 valence electrons.